The van der Waals surface area contributed by atoms with Crippen molar-refractivity contribution in [3.8, 4) is 0 Å². The third-order valence-electron chi connectivity index (χ3n) is 1.30. The molecular weight excluding hydrogens is 253 g/mol. The van der Waals surface area contributed by atoms with E-state index in [9.17, 15) is 18.0 Å². The van der Waals surface area contributed by atoms with Gasteiger partial charge in [0.15, 0.2) is 0 Å². The Morgan fingerprint density at radius 1 is 1.40 bits per heavy atom. The Hall–Kier alpha value is -0.140. The van der Waals surface area contributed by atoms with Crippen molar-refractivity contribution in [3.05, 3.63) is 0 Å². The van der Waals surface area contributed by atoms with Crippen molar-refractivity contribution < 1.29 is 18.0 Å². The van der Waals surface area contributed by atoms with E-state index < -0.39 is 5.51 Å². The summed E-state index contributed by atoms with van der Waals surface area (Å²) in [7, 11) is 0. The van der Waals surface area contributed by atoms with Gasteiger partial charge in [0, 0.05) is 18.7 Å². The van der Waals surface area contributed by atoms with Gasteiger partial charge in [-0.25, -0.2) is 0 Å². The average Bonchev–Trinajstić information content (AvgIpc) is 2.07. The van der Waals surface area contributed by atoms with Crippen molar-refractivity contribution in [2.75, 3.05) is 18.8 Å². The number of amides is 1. The number of nitrogens with two attached hydrogens (primary N) is 1. The number of alkyl halides is 3. The Balaban J connectivity index is 0. The summed E-state index contributed by atoms with van der Waals surface area (Å²) in [5, 5.41) is 2.37. The normalized spacial score (nSPS) is 10.7. The molecule has 0 fully saturated rings. The van der Waals surface area contributed by atoms with Gasteiger partial charge in [0.2, 0.25) is 5.91 Å². The molecule has 1 amide bonds. The van der Waals surface area contributed by atoms with E-state index in [-0.39, 0.29) is 48.8 Å². The van der Waals surface area contributed by atoms with Crippen molar-refractivity contribution >= 4 is 30.1 Å². The van der Waals surface area contributed by atoms with Crippen LogP contribution in [0.25, 0.3) is 0 Å². The number of hydrogen-bond donors (Lipinski definition) is 2. The van der Waals surface area contributed by atoms with E-state index in [0.717, 1.165) is 0 Å². The summed E-state index contributed by atoms with van der Waals surface area (Å²) >= 11 is -0.140. The van der Waals surface area contributed by atoms with Crippen LogP contribution in [0.4, 0.5) is 13.2 Å². The number of carbonyl (C=O) groups excluding carboxylic acids is 1. The van der Waals surface area contributed by atoms with Gasteiger partial charge in [0.25, 0.3) is 0 Å². The number of carbonyl (C=O) groups is 1. The predicted molar refractivity (Wildman–Crippen MR) is 57.1 cm³/mol. The van der Waals surface area contributed by atoms with E-state index in [4.69, 9.17) is 5.73 Å². The molecule has 0 saturated heterocycles. The van der Waals surface area contributed by atoms with Gasteiger partial charge in [0.1, 0.15) is 0 Å². The summed E-state index contributed by atoms with van der Waals surface area (Å²) < 4.78 is 34.8. The summed E-state index contributed by atoms with van der Waals surface area (Å²) in [6.45, 7) is 0.443. The van der Waals surface area contributed by atoms with Crippen LogP contribution in [-0.4, -0.2) is 30.3 Å². The van der Waals surface area contributed by atoms with Crippen molar-refractivity contribution in [1.82, 2.24) is 5.32 Å². The molecule has 0 radical (unpaired) electrons. The van der Waals surface area contributed by atoms with E-state index in [1.165, 1.54) is 0 Å². The van der Waals surface area contributed by atoms with Gasteiger partial charge in [0.05, 0.1) is 0 Å². The molecule has 0 heterocycles. The van der Waals surface area contributed by atoms with Crippen LogP contribution in [-0.2, 0) is 4.79 Å². The fourth-order valence-electron chi connectivity index (χ4n) is 0.708. The average molecular weight is 267 g/mol. The lowest BCUT2D eigenvalue weighted by atomic mass is 10.3. The molecule has 0 atom stereocenters. The molecule has 0 rings (SSSR count). The molecule has 0 aliphatic heterocycles. The van der Waals surface area contributed by atoms with Gasteiger partial charge in [-0.3, -0.25) is 4.79 Å². The smallest absolute Gasteiger partial charge is 0.355 e. The Kier molecular flexibility index (Phi) is 10.5. The number of hydrogen-bond acceptors (Lipinski definition) is 3. The minimum Gasteiger partial charge on any atom is -0.355 e. The molecule has 0 aliphatic carbocycles. The van der Waals surface area contributed by atoms with Gasteiger partial charge < -0.3 is 11.1 Å². The van der Waals surface area contributed by atoms with Crippen LogP contribution in [0.15, 0.2) is 0 Å². The van der Waals surface area contributed by atoms with Crippen molar-refractivity contribution in [2.45, 2.75) is 18.3 Å². The second-order valence-electron chi connectivity index (χ2n) is 2.54. The van der Waals surface area contributed by atoms with E-state index in [1.54, 1.807) is 0 Å². The molecule has 8 heteroatoms. The lowest BCUT2D eigenvalue weighted by Crippen LogP contribution is -2.26. The van der Waals surface area contributed by atoms with E-state index in [2.05, 4.69) is 5.32 Å². The molecule has 0 unspecified atom stereocenters. The number of nitrogens with one attached hydrogen (secondary N) is 1. The largest absolute Gasteiger partial charge is 0.441 e. The highest BCUT2D eigenvalue weighted by Crippen LogP contribution is 2.29. The third-order valence-corrected chi connectivity index (χ3v) is 2.03. The Bertz CT molecular complexity index is 180. The lowest BCUT2D eigenvalue weighted by Gasteiger charge is -2.06. The van der Waals surface area contributed by atoms with Crippen LogP contribution in [0.5, 0.6) is 0 Å². The summed E-state index contributed by atoms with van der Waals surface area (Å²) in [5.74, 6) is -0.407. The molecule has 0 bridgehead atoms. The van der Waals surface area contributed by atoms with Crippen LogP contribution in [0.2, 0.25) is 0 Å². The Labute approximate surface area is 96.8 Å². The van der Waals surface area contributed by atoms with Gasteiger partial charge in [-0.1, -0.05) is 0 Å². The van der Waals surface area contributed by atoms with Crippen LogP contribution in [0.3, 0.4) is 0 Å². The summed E-state index contributed by atoms with van der Waals surface area (Å²) in [4.78, 5) is 10.9. The first-order valence-corrected chi connectivity index (χ1v) is 5.11. The van der Waals surface area contributed by atoms with E-state index >= 15 is 0 Å². The maximum atomic E-state index is 11.6. The van der Waals surface area contributed by atoms with Crippen LogP contribution in [0, 0.1) is 0 Å². The van der Waals surface area contributed by atoms with Crippen molar-refractivity contribution in [1.29, 1.82) is 0 Å². The third kappa shape index (κ3) is 13.9. The molecule has 3 N–H and O–H groups in total. The topological polar surface area (TPSA) is 55.1 Å². The predicted octanol–water partition coefficient (Wildman–Crippen LogP) is 1.52. The molecule has 3 nitrogen and oxygen atoms in total. The van der Waals surface area contributed by atoms with Gasteiger partial charge in [-0.15, -0.1) is 12.4 Å². The van der Waals surface area contributed by atoms with E-state index in [0.29, 0.717) is 13.0 Å². The zero-order chi connectivity index (χ0) is 11.0. The molecular formula is C7H14ClF3N2OS. The van der Waals surface area contributed by atoms with Crippen LogP contribution >= 0.6 is 24.2 Å². The molecule has 0 aromatic rings. The molecule has 92 valence electrons. The molecule has 0 aliphatic rings. The first-order chi connectivity index (χ1) is 6.45. The zero-order valence-electron chi connectivity index (χ0n) is 7.97. The minimum absolute atomic E-state index is 0. The first-order valence-electron chi connectivity index (χ1n) is 4.13. The highest BCUT2D eigenvalue weighted by Gasteiger charge is 2.27. The maximum absolute atomic E-state index is 11.6. The molecule has 0 aromatic carbocycles. The van der Waals surface area contributed by atoms with Crippen molar-refractivity contribution in [3.63, 3.8) is 0 Å². The molecule has 0 aromatic heterocycles. The highest BCUT2D eigenvalue weighted by molar-refractivity contribution is 8.00. The fraction of sp³-hybridized carbons (Fsp3) is 0.857. The Morgan fingerprint density at radius 3 is 2.47 bits per heavy atom. The second-order valence-corrected chi connectivity index (χ2v) is 3.70. The quantitative estimate of drug-likeness (QED) is 0.717. The molecule has 0 spiro atoms. The van der Waals surface area contributed by atoms with Gasteiger partial charge in [-0.05, 0) is 24.7 Å². The number of rotatable bonds is 6. The highest BCUT2D eigenvalue weighted by atomic mass is 35.5. The maximum Gasteiger partial charge on any atom is 0.441 e. The SMILES string of the molecule is Cl.NCCCC(=O)NCCSC(F)(F)F. The van der Waals surface area contributed by atoms with Gasteiger partial charge in [-0.2, -0.15) is 13.2 Å². The Morgan fingerprint density at radius 2 is 2.00 bits per heavy atom. The number of halogens is 4. The minimum atomic E-state index is -4.22. The molecule has 0 saturated carbocycles. The van der Waals surface area contributed by atoms with Crippen LogP contribution < -0.4 is 11.1 Å². The molecule has 15 heavy (non-hydrogen) atoms. The summed E-state index contributed by atoms with van der Waals surface area (Å²) in [6, 6.07) is 0. The van der Waals surface area contributed by atoms with E-state index in [1.807, 2.05) is 0 Å². The first kappa shape index (κ1) is 17.3. The lowest BCUT2D eigenvalue weighted by molar-refractivity contribution is -0.121. The summed E-state index contributed by atoms with van der Waals surface area (Å²) in [5.41, 5.74) is 0.936. The second kappa shape index (κ2) is 9.11. The fourth-order valence-corrected chi connectivity index (χ4v) is 1.14. The van der Waals surface area contributed by atoms with Gasteiger partial charge >= 0.3 is 5.51 Å². The number of thioether (sulfide) groups is 1. The monoisotopic (exact) mass is 266 g/mol. The van der Waals surface area contributed by atoms with Crippen LogP contribution in [0.1, 0.15) is 12.8 Å². The zero-order valence-corrected chi connectivity index (χ0v) is 9.60. The van der Waals surface area contributed by atoms with Crippen molar-refractivity contribution in [2.24, 2.45) is 5.73 Å². The standard InChI is InChI=1S/C7H13F3N2OS.ClH/c8-7(9,10)14-5-4-12-6(13)2-1-3-11;/h1-5,11H2,(H,12,13);1H. The summed E-state index contributed by atoms with van der Waals surface area (Å²) in [6.07, 6.45) is 0.825.